The number of rotatable bonds is 1. The molecule has 0 radical (unpaired) electrons. The molecule has 0 aliphatic heterocycles. The van der Waals surface area contributed by atoms with Crippen molar-refractivity contribution in [3.05, 3.63) is 29.8 Å². The Balaban J connectivity index is 3.07. The van der Waals surface area contributed by atoms with E-state index in [9.17, 15) is 4.39 Å². The highest BCUT2D eigenvalue weighted by molar-refractivity contribution is 5.99. The fourth-order valence-electron chi connectivity index (χ4n) is 1.23. The molecule has 0 unspecified atom stereocenters. The third-order valence-electron chi connectivity index (χ3n) is 1.67. The maximum Gasteiger partial charge on any atom is 0.150 e. The van der Waals surface area contributed by atoms with Crippen LogP contribution >= 0.6 is 0 Å². The zero-order chi connectivity index (χ0) is 10.8. The Labute approximate surface area is 83.9 Å². The molecule has 1 aromatic rings. The van der Waals surface area contributed by atoms with Gasteiger partial charge in [0.2, 0.25) is 0 Å². The lowest BCUT2D eigenvalue weighted by Crippen LogP contribution is -2.14. The molecule has 2 nitrogen and oxygen atoms in total. The number of aromatic nitrogens is 1. The van der Waals surface area contributed by atoms with E-state index in [-0.39, 0.29) is 11.4 Å². The number of hydrogen-bond acceptors (Lipinski definition) is 2. The zero-order valence-corrected chi connectivity index (χ0v) is 9.00. The van der Waals surface area contributed by atoms with Crippen LogP contribution in [0, 0.1) is 5.82 Å². The Morgan fingerprint density at radius 1 is 1.43 bits per heavy atom. The minimum atomic E-state index is -0.321. The largest absolute Gasteiger partial charge is 0.284 e. The van der Waals surface area contributed by atoms with Crippen LogP contribution in [0.1, 0.15) is 33.3 Å². The average Bonchev–Trinajstić information content (AvgIpc) is 2.01. The van der Waals surface area contributed by atoms with Gasteiger partial charge in [-0.3, -0.25) is 9.98 Å². The predicted octanol–water partition coefficient (Wildman–Crippen LogP) is 2.83. The number of halogens is 1. The van der Waals surface area contributed by atoms with E-state index in [4.69, 9.17) is 0 Å². The fourth-order valence-corrected chi connectivity index (χ4v) is 1.23. The van der Waals surface area contributed by atoms with Gasteiger partial charge >= 0.3 is 0 Å². The quantitative estimate of drug-likeness (QED) is 0.631. The van der Waals surface area contributed by atoms with Crippen molar-refractivity contribution in [2.24, 2.45) is 4.99 Å². The molecule has 0 spiro atoms. The molecule has 14 heavy (non-hydrogen) atoms. The van der Waals surface area contributed by atoms with Crippen LogP contribution in [0.3, 0.4) is 0 Å². The molecule has 0 atom stereocenters. The average molecular weight is 194 g/mol. The molecule has 0 fully saturated rings. The second kappa shape index (κ2) is 3.86. The molecule has 0 aliphatic rings. The lowest BCUT2D eigenvalue weighted by atomic mass is 10.1. The van der Waals surface area contributed by atoms with E-state index in [2.05, 4.69) is 9.98 Å². The maximum atomic E-state index is 13.3. The number of hydrogen-bond donors (Lipinski definition) is 0. The van der Waals surface area contributed by atoms with Crippen molar-refractivity contribution >= 4 is 5.71 Å². The third kappa shape index (κ3) is 2.91. The van der Waals surface area contributed by atoms with Crippen LogP contribution in [0.2, 0.25) is 0 Å². The Morgan fingerprint density at radius 3 is 2.57 bits per heavy atom. The van der Waals surface area contributed by atoms with Gasteiger partial charge < -0.3 is 0 Å². The normalized spacial score (nSPS) is 13.1. The summed E-state index contributed by atoms with van der Waals surface area (Å²) >= 11 is 0. The molecule has 0 saturated carbocycles. The van der Waals surface area contributed by atoms with Crippen LogP contribution in [-0.4, -0.2) is 16.2 Å². The fraction of sp³-hybridized carbons (Fsp3) is 0.455. The standard InChI is InChI=1S/C11H15FN2/c1-8(14-11(2,3)4)9-5-6-13-7-10(9)12/h5-7H,1-4H3/b14-8-. The summed E-state index contributed by atoms with van der Waals surface area (Å²) in [6.45, 7) is 7.75. The summed E-state index contributed by atoms with van der Waals surface area (Å²) in [7, 11) is 0. The molecule has 1 aromatic heterocycles. The molecule has 0 bridgehead atoms. The molecule has 0 aliphatic carbocycles. The minimum Gasteiger partial charge on any atom is -0.284 e. The van der Waals surface area contributed by atoms with E-state index in [0.717, 1.165) is 0 Å². The molecule has 3 heteroatoms. The summed E-state index contributed by atoms with van der Waals surface area (Å²) in [5, 5.41) is 0. The van der Waals surface area contributed by atoms with Crippen LogP contribution in [0.5, 0.6) is 0 Å². The summed E-state index contributed by atoms with van der Waals surface area (Å²) in [6.07, 6.45) is 2.77. The van der Waals surface area contributed by atoms with E-state index in [0.29, 0.717) is 11.3 Å². The van der Waals surface area contributed by atoms with E-state index in [1.165, 1.54) is 6.20 Å². The van der Waals surface area contributed by atoms with Crippen LogP contribution in [0.4, 0.5) is 4.39 Å². The van der Waals surface area contributed by atoms with Gasteiger partial charge in [0.1, 0.15) is 5.82 Å². The number of pyridine rings is 1. The first-order valence-corrected chi connectivity index (χ1v) is 4.56. The van der Waals surface area contributed by atoms with Gasteiger partial charge in [0.25, 0.3) is 0 Å². The summed E-state index contributed by atoms with van der Waals surface area (Å²) in [5.41, 5.74) is 1.05. The van der Waals surface area contributed by atoms with Crippen LogP contribution in [-0.2, 0) is 0 Å². The first-order chi connectivity index (χ1) is 6.40. The Morgan fingerprint density at radius 2 is 2.07 bits per heavy atom. The zero-order valence-electron chi connectivity index (χ0n) is 9.00. The molecule has 0 saturated heterocycles. The Bertz CT molecular complexity index is 351. The van der Waals surface area contributed by atoms with Crippen molar-refractivity contribution in [3.63, 3.8) is 0 Å². The van der Waals surface area contributed by atoms with E-state index in [1.807, 2.05) is 27.7 Å². The highest BCUT2D eigenvalue weighted by Crippen LogP contribution is 2.12. The smallest absolute Gasteiger partial charge is 0.150 e. The molecule has 0 amide bonds. The molecular formula is C11H15FN2. The lowest BCUT2D eigenvalue weighted by molar-refractivity contribution is 0.581. The van der Waals surface area contributed by atoms with Gasteiger partial charge in [-0.25, -0.2) is 4.39 Å². The van der Waals surface area contributed by atoms with E-state index in [1.54, 1.807) is 12.3 Å². The number of nitrogens with zero attached hydrogens (tertiary/aromatic N) is 2. The highest BCUT2D eigenvalue weighted by atomic mass is 19.1. The molecule has 0 aromatic carbocycles. The molecule has 0 N–H and O–H groups in total. The summed E-state index contributed by atoms with van der Waals surface area (Å²) < 4.78 is 13.3. The van der Waals surface area contributed by atoms with Crippen molar-refractivity contribution in [2.45, 2.75) is 33.2 Å². The van der Waals surface area contributed by atoms with Gasteiger partial charge in [-0.1, -0.05) is 0 Å². The van der Waals surface area contributed by atoms with Gasteiger partial charge in [-0.15, -0.1) is 0 Å². The van der Waals surface area contributed by atoms with Crippen molar-refractivity contribution < 1.29 is 4.39 Å². The summed E-state index contributed by atoms with van der Waals surface area (Å²) in [6, 6.07) is 1.64. The van der Waals surface area contributed by atoms with Crippen LogP contribution in [0.15, 0.2) is 23.5 Å². The minimum absolute atomic E-state index is 0.181. The van der Waals surface area contributed by atoms with Crippen molar-refractivity contribution in [1.82, 2.24) is 4.98 Å². The second-order valence-electron chi connectivity index (χ2n) is 4.22. The summed E-state index contributed by atoms with van der Waals surface area (Å²) in [5.74, 6) is -0.321. The molecule has 1 rings (SSSR count). The molecule has 76 valence electrons. The first-order valence-electron chi connectivity index (χ1n) is 4.56. The van der Waals surface area contributed by atoms with Gasteiger partial charge in [0, 0.05) is 17.5 Å². The highest BCUT2D eigenvalue weighted by Gasteiger charge is 2.10. The van der Waals surface area contributed by atoms with E-state index >= 15 is 0 Å². The van der Waals surface area contributed by atoms with Gasteiger partial charge in [0.15, 0.2) is 0 Å². The van der Waals surface area contributed by atoms with Gasteiger partial charge in [-0.05, 0) is 33.8 Å². The molecule has 1 heterocycles. The Kier molecular flexibility index (Phi) is 2.99. The van der Waals surface area contributed by atoms with Crippen LogP contribution in [0.25, 0.3) is 0 Å². The monoisotopic (exact) mass is 194 g/mol. The topological polar surface area (TPSA) is 25.2 Å². The number of aliphatic imine (C=N–C) groups is 1. The maximum absolute atomic E-state index is 13.3. The summed E-state index contributed by atoms with van der Waals surface area (Å²) in [4.78, 5) is 8.08. The van der Waals surface area contributed by atoms with E-state index < -0.39 is 0 Å². The van der Waals surface area contributed by atoms with Crippen molar-refractivity contribution in [1.29, 1.82) is 0 Å². The van der Waals surface area contributed by atoms with Crippen molar-refractivity contribution in [2.75, 3.05) is 0 Å². The predicted molar refractivity (Wildman–Crippen MR) is 56.2 cm³/mol. The second-order valence-corrected chi connectivity index (χ2v) is 4.22. The van der Waals surface area contributed by atoms with Gasteiger partial charge in [-0.2, -0.15) is 0 Å². The third-order valence-corrected chi connectivity index (χ3v) is 1.67. The first kappa shape index (κ1) is 10.8. The van der Waals surface area contributed by atoms with Crippen molar-refractivity contribution in [3.8, 4) is 0 Å². The van der Waals surface area contributed by atoms with Crippen LogP contribution < -0.4 is 0 Å². The Hall–Kier alpha value is -1.25. The molecular weight excluding hydrogens is 179 g/mol. The lowest BCUT2D eigenvalue weighted by Gasteiger charge is -2.14. The van der Waals surface area contributed by atoms with Gasteiger partial charge in [0.05, 0.1) is 11.7 Å². The SMILES string of the molecule is C/C(=N/C(C)(C)C)c1ccncc1F.